The smallest absolute Gasteiger partial charge is 0.139 e. The third-order valence-electron chi connectivity index (χ3n) is 5.67. The predicted octanol–water partition coefficient (Wildman–Crippen LogP) is 4.06. The topological polar surface area (TPSA) is 4.44 Å². The number of benzene rings is 2. The lowest BCUT2D eigenvalue weighted by atomic mass is 9.89. The van der Waals surface area contributed by atoms with Crippen LogP contribution in [0.1, 0.15) is 56.6 Å². The number of hydrogen-bond acceptors (Lipinski definition) is 0. The van der Waals surface area contributed by atoms with Gasteiger partial charge in [-0.05, 0) is 50.2 Å². The number of piperidine rings is 1. The number of rotatable bonds is 4. The van der Waals surface area contributed by atoms with Crippen LogP contribution in [0.4, 0.5) is 0 Å². The van der Waals surface area contributed by atoms with E-state index in [0.717, 1.165) is 25.0 Å². The second kappa shape index (κ2) is 8.88. The third kappa shape index (κ3) is 4.74. The zero-order valence-electron chi connectivity index (χ0n) is 15.5. The van der Waals surface area contributed by atoms with Crippen molar-refractivity contribution in [3.63, 3.8) is 0 Å². The molecule has 0 amide bonds. The van der Waals surface area contributed by atoms with Gasteiger partial charge in [0, 0.05) is 12.3 Å². The molecule has 25 heavy (non-hydrogen) atoms. The van der Waals surface area contributed by atoms with Crippen molar-refractivity contribution < 1.29 is 4.90 Å². The van der Waals surface area contributed by atoms with Gasteiger partial charge in [0.15, 0.2) is 0 Å². The zero-order chi connectivity index (χ0) is 17.5. The van der Waals surface area contributed by atoms with Gasteiger partial charge in [-0.15, -0.1) is 0 Å². The molecule has 1 aliphatic heterocycles. The van der Waals surface area contributed by atoms with Gasteiger partial charge in [0.05, 0.1) is 12.1 Å². The first kappa shape index (κ1) is 17.8. The van der Waals surface area contributed by atoms with E-state index < -0.39 is 0 Å². The van der Waals surface area contributed by atoms with Crippen LogP contribution in [-0.4, -0.2) is 18.6 Å². The van der Waals surface area contributed by atoms with E-state index in [1.54, 1.807) is 4.90 Å². The van der Waals surface area contributed by atoms with Crippen LogP contribution >= 0.6 is 0 Å². The van der Waals surface area contributed by atoms with Crippen LogP contribution in [0.3, 0.4) is 0 Å². The summed E-state index contributed by atoms with van der Waals surface area (Å²) in [4.78, 5) is 1.68. The van der Waals surface area contributed by atoms with Crippen molar-refractivity contribution in [2.75, 3.05) is 6.54 Å². The first-order valence-corrected chi connectivity index (χ1v) is 9.67. The second-order valence-electron chi connectivity index (χ2n) is 7.42. The van der Waals surface area contributed by atoms with E-state index in [2.05, 4.69) is 86.4 Å². The highest BCUT2D eigenvalue weighted by Crippen LogP contribution is 2.27. The summed E-state index contributed by atoms with van der Waals surface area (Å²) in [5, 5.41) is 0. The molecule has 1 fully saturated rings. The summed E-state index contributed by atoms with van der Waals surface area (Å²) in [6.07, 6.45) is 4.96. The molecule has 1 heterocycles. The lowest BCUT2D eigenvalue weighted by molar-refractivity contribution is -0.944. The maximum absolute atomic E-state index is 3.50. The van der Waals surface area contributed by atoms with Crippen molar-refractivity contribution in [1.82, 2.24) is 0 Å². The van der Waals surface area contributed by atoms with Crippen LogP contribution in [-0.2, 0) is 0 Å². The van der Waals surface area contributed by atoms with E-state index in [1.807, 2.05) is 0 Å². The first-order chi connectivity index (χ1) is 12.3. The molecule has 0 radical (unpaired) electrons. The van der Waals surface area contributed by atoms with Crippen molar-refractivity contribution in [3.8, 4) is 11.8 Å². The molecular weight excluding hydrogens is 302 g/mol. The maximum Gasteiger partial charge on any atom is 0.139 e. The zero-order valence-corrected chi connectivity index (χ0v) is 15.5. The molecule has 2 aromatic rings. The van der Waals surface area contributed by atoms with E-state index in [0.29, 0.717) is 5.92 Å². The van der Waals surface area contributed by atoms with E-state index in [-0.39, 0.29) is 0 Å². The van der Waals surface area contributed by atoms with Crippen molar-refractivity contribution >= 4 is 0 Å². The van der Waals surface area contributed by atoms with E-state index in [1.165, 1.54) is 30.4 Å². The highest BCUT2D eigenvalue weighted by atomic mass is 15.2. The van der Waals surface area contributed by atoms with Crippen molar-refractivity contribution in [3.05, 3.63) is 71.8 Å². The van der Waals surface area contributed by atoms with Gasteiger partial charge >= 0.3 is 0 Å². The Morgan fingerprint density at radius 2 is 1.36 bits per heavy atom. The van der Waals surface area contributed by atoms with Gasteiger partial charge in [-0.3, -0.25) is 0 Å². The Hall–Kier alpha value is -2.04. The van der Waals surface area contributed by atoms with Crippen LogP contribution in [0, 0.1) is 11.8 Å². The van der Waals surface area contributed by atoms with Crippen molar-refractivity contribution in [1.29, 1.82) is 0 Å². The Bertz CT molecular complexity index is 646. The highest BCUT2D eigenvalue weighted by molar-refractivity contribution is 5.33. The fourth-order valence-corrected chi connectivity index (χ4v) is 4.07. The van der Waals surface area contributed by atoms with Crippen molar-refractivity contribution in [2.24, 2.45) is 0 Å². The highest BCUT2D eigenvalue weighted by Gasteiger charge is 2.27. The Balaban J connectivity index is 1.70. The van der Waals surface area contributed by atoms with Gasteiger partial charge in [0.1, 0.15) is 6.54 Å². The molecule has 0 unspecified atom stereocenters. The average molecular weight is 333 g/mol. The van der Waals surface area contributed by atoms with Crippen LogP contribution in [0.15, 0.2) is 60.7 Å². The Morgan fingerprint density at radius 1 is 0.840 bits per heavy atom. The Labute approximate surface area is 153 Å². The lowest BCUT2D eigenvalue weighted by Gasteiger charge is -2.34. The minimum absolute atomic E-state index is 0.362. The van der Waals surface area contributed by atoms with Gasteiger partial charge < -0.3 is 4.90 Å². The standard InChI is InChI=1S/C24H29N/c1-20-12-11-13-21(2)25(20)19-10-9-18-24(22-14-5-3-6-15-22)23-16-7-4-8-17-23/h3-8,14-17,20-21,24H,11-13,18-19H2,1-2H3/p+1/t20-,21-/m1/s1. The van der Waals surface area contributed by atoms with Gasteiger partial charge in [-0.25, -0.2) is 0 Å². The summed E-state index contributed by atoms with van der Waals surface area (Å²) >= 11 is 0. The van der Waals surface area contributed by atoms with Crippen LogP contribution in [0.25, 0.3) is 0 Å². The fraction of sp³-hybridized carbons (Fsp3) is 0.417. The van der Waals surface area contributed by atoms with Crippen LogP contribution in [0.5, 0.6) is 0 Å². The first-order valence-electron chi connectivity index (χ1n) is 9.67. The second-order valence-corrected chi connectivity index (χ2v) is 7.42. The molecule has 130 valence electrons. The molecule has 0 spiro atoms. The quantitative estimate of drug-likeness (QED) is 0.806. The van der Waals surface area contributed by atoms with Crippen molar-refractivity contribution in [2.45, 2.75) is 57.5 Å². The van der Waals surface area contributed by atoms with E-state index in [9.17, 15) is 0 Å². The summed E-state index contributed by atoms with van der Waals surface area (Å²) in [5.74, 6) is 7.36. The van der Waals surface area contributed by atoms with Gasteiger partial charge in [-0.1, -0.05) is 66.6 Å². The maximum atomic E-state index is 3.50. The molecule has 1 N–H and O–H groups in total. The molecule has 3 rings (SSSR count). The molecule has 0 saturated carbocycles. The molecule has 2 aromatic carbocycles. The summed E-state index contributed by atoms with van der Waals surface area (Å²) in [6.45, 7) is 5.74. The molecular formula is C24H30N+. The van der Waals surface area contributed by atoms with Crippen LogP contribution < -0.4 is 4.90 Å². The monoisotopic (exact) mass is 332 g/mol. The number of hydrogen-bond donors (Lipinski definition) is 1. The van der Waals surface area contributed by atoms with Gasteiger partial charge in [-0.2, -0.15) is 0 Å². The van der Waals surface area contributed by atoms with E-state index in [4.69, 9.17) is 0 Å². The minimum atomic E-state index is 0.362. The predicted molar refractivity (Wildman–Crippen MR) is 106 cm³/mol. The summed E-state index contributed by atoms with van der Waals surface area (Å²) < 4.78 is 0. The third-order valence-corrected chi connectivity index (χ3v) is 5.67. The molecule has 0 aliphatic carbocycles. The summed E-state index contributed by atoms with van der Waals surface area (Å²) in [5.41, 5.74) is 2.71. The molecule has 1 nitrogen and oxygen atoms in total. The fourth-order valence-electron chi connectivity index (χ4n) is 4.07. The normalized spacial score (nSPS) is 20.9. The number of nitrogens with one attached hydrogen (secondary N) is 1. The summed E-state index contributed by atoms with van der Waals surface area (Å²) in [7, 11) is 0. The molecule has 1 heteroatoms. The molecule has 1 saturated heterocycles. The Morgan fingerprint density at radius 3 is 1.88 bits per heavy atom. The largest absolute Gasteiger partial charge is 0.320 e. The van der Waals surface area contributed by atoms with E-state index >= 15 is 0 Å². The molecule has 2 atom stereocenters. The molecule has 1 aliphatic rings. The van der Waals surface area contributed by atoms with Crippen LogP contribution in [0.2, 0.25) is 0 Å². The average Bonchev–Trinajstić information content (AvgIpc) is 2.65. The SMILES string of the molecule is C[C@@H]1CCC[C@@H](C)[NH+]1CC#CCC(c1ccccc1)c1ccccc1. The Kier molecular flexibility index (Phi) is 6.31. The number of likely N-dealkylation sites (tertiary alicyclic amines) is 1. The lowest BCUT2D eigenvalue weighted by Crippen LogP contribution is -3.19. The van der Waals surface area contributed by atoms with Gasteiger partial charge in [0.2, 0.25) is 0 Å². The summed E-state index contributed by atoms with van der Waals surface area (Å²) in [6, 6.07) is 23.0. The van der Waals surface area contributed by atoms with Gasteiger partial charge in [0.25, 0.3) is 0 Å². The molecule has 0 aromatic heterocycles. The minimum Gasteiger partial charge on any atom is -0.320 e. The molecule has 0 bridgehead atoms. The number of quaternary nitrogens is 1.